The number of nitrogens with one attached hydrogen (secondary N) is 1. The standard InChI is InChI=1S/C23H26N2O4/c1-16(2)18-10-7-11-19(12-18)23(13-20(26)25(3)21(27)14-23)24-22(28)29-15-17-8-5-4-6-9-17/h4-12,16H,13-15H2,1-3H3,(H,24,28). The van der Waals surface area contributed by atoms with Gasteiger partial charge >= 0.3 is 6.09 Å². The summed E-state index contributed by atoms with van der Waals surface area (Å²) >= 11 is 0. The molecule has 1 fully saturated rings. The molecule has 3 rings (SSSR count). The smallest absolute Gasteiger partial charge is 0.408 e. The first-order chi connectivity index (χ1) is 13.8. The number of piperidine rings is 1. The van der Waals surface area contributed by atoms with E-state index in [-0.39, 0.29) is 37.2 Å². The summed E-state index contributed by atoms with van der Waals surface area (Å²) in [4.78, 5) is 38.7. The largest absolute Gasteiger partial charge is 0.445 e. The molecule has 0 spiro atoms. The van der Waals surface area contributed by atoms with E-state index in [1.54, 1.807) is 0 Å². The number of likely N-dealkylation sites (tertiary alicyclic amines) is 1. The maximum Gasteiger partial charge on any atom is 0.408 e. The van der Waals surface area contributed by atoms with E-state index in [9.17, 15) is 14.4 Å². The highest BCUT2D eigenvalue weighted by atomic mass is 16.5. The number of carbonyl (C=O) groups is 3. The average molecular weight is 394 g/mol. The topological polar surface area (TPSA) is 75.7 Å². The summed E-state index contributed by atoms with van der Waals surface area (Å²) in [6.45, 7) is 4.24. The molecule has 152 valence electrons. The molecule has 3 amide bonds. The number of alkyl carbamates (subject to hydrolysis) is 1. The van der Waals surface area contributed by atoms with Crippen LogP contribution in [0.15, 0.2) is 54.6 Å². The summed E-state index contributed by atoms with van der Waals surface area (Å²) in [5, 5.41) is 2.84. The van der Waals surface area contributed by atoms with E-state index >= 15 is 0 Å². The molecule has 0 radical (unpaired) electrons. The van der Waals surface area contributed by atoms with Crippen LogP contribution in [0.5, 0.6) is 0 Å². The van der Waals surface area contributed by atoms with E-state index in [4.69, 9.17) is 4.74 Å². The Bertz CT molecular complexity index is 890. The van der Waals surface area contributed by atoms with E-state index in [1.165, 1.54) is 7.05 Å². The number of benzene rings is 2. The predicted octanol–water partition coefficient (Wildman–Crippen LogP) is 3.71. The van der Waals surface area contributed by atoms with Gasteiger partial charge in [-0.25, -0.2) is 4.79 Å². The van der Waals surface area contributed by atoms with Crippen molar-refractivity contribution < 1.29 is 19.1 Å². The summed E-state index contributed by atoms with van der Waals surface area (Å²) in [5.74, 6) is -0.395. The van der Waals surface area contributed by atoms with Crippen molar-refractivity contribution in [2.75, 3.05) is 7.05 Å². The molecule has 1 aliphatic heterocycles. The fourth-order valence-electron chi connectivity index (χ4n) is 3.47. The minimum Gasteiger partial charge on any atom is -0.445 e. The third-order valence-electron chi connectivity index (χ3n) is 5.31. The number of nitrogens with zero attached hydrogens (tertiary/aromatic N) is 1. The summed E-state index contributed by atoms with van der Waals surface area (Å²) in [7, 11) is 1.47. The highest BCUT2D eigenvalue weighted by Gasteiger charge is 2.45. The number of imide groups is 1. The Balaban J connectivity index is 1.87. The van der Waals surface area contributed by atoms with Gasteiger partial charge in [-0.2, -0.15) is 0 Å². The van der Waals surface area contributed by atoms with Gasteiger partial charge in [0.15, 0.2) is 0 Å². The maximum absolute atomic E-state index is 12.6. The zero-order valence-corrected chi connectivity index (χ0v) is 17.0. The number of ether oxygens (including phenoxy) is 1. The van der Waals surface area contributed by atoms with Crippen LogP contribution in [0.1, 0.15) is 49.3 Å². The van der Waals surface area contributed by atoms with Gasteiger partial charge in [0.2, 0.25) is 11.8 Å². The van der Waals surface area contributed by atoms with Gasteiger partial charge in [0.25, 0.3) is 0 Å². The van der Waals surface area contributed by atoms with Gasteiger partial charge in [0.05, 0.1) is 18.4 Å². The highest BCUT2D eigenvalue weighted by molar-refractivity contribution is 5.99. The van der Waals surface area contributed by atoms with E-state index in [1.807, 2.05) is 54.6 Å². The summed E-state index contributed by atoms with van der Waals surface area (Å²) < 4.78 is 5.37. The summed E-state index contributed by atoms with van der Waals surface area (Å²) in [6.07, 6.45) is -0.664. The lowest BCUT2D eigenvalue weighted by Gasteiger charge is -2.39. The van der Waals surface area contributed by atoms with Crippen LogP contribution in [0.3, 0.4) is 0 Å². The Morgan fingerprint density at radius 3 is 2.34 bits per heavy atom. The van der Waals surface area contributed by atoms with Crippen molar-refractivity contribution in [3.8, 4) is 0 Å². The predicted molar refractivity (Wildman–Crippen MR) is 109 cm³/mol. The number of amides is 3. The van der Waals surface area contributed by atoms with E-state index in [2.05, 4.69) is 19.2 Å². The fraction of sp³-hybridized carbons (Fsp3) is 0.348. The molecular formula is C23H26N2O4. The molecule has 29 heavy (non-hydrogen) atoms. The Morgan fingerprint density at radius 1 is 1.07 bits per heavy atom. The van der Waals surface area contributed by atoms with Gasteiger partial charge in [-0.15, -0.1) is 0 Å². The normalized spacial score (nSPS) is 16.1. The molecule has 0 aromatic heterocycles. The van der Waals surface area contributed by atoms with Gasteiger partial charge < -0.3 is 10.1 Å². The fourth-order valence-corrected chi connectivity index (χ4v) is 3.47. The van der Waals surface area contributed by atoms with Crippen molar-refractivity contribution in [1.82, 2.24) is 10.2 Å². The average Bonchev–Trinajstić information content (AvgIpc) is 2.71. The molecule has 0 saturated carbocycles. The molecule has 1 N–H and O–H groups in total. The van der Waals surface area contributed by atoms with E-state index in [0.29, 0.717) is 0 Å². The van der Waals surface area contributed by atoms with Crippen molar-refractivity contribution >= 4 is 17.9 Å². The van der Waals surface area contributed by atoms with Crippen molar-refractivity contribution in [3.05, 3.63) is 71.3 Å². The van der Waals surface area contributed by atoms with Gasteiger partial charge in [-0.1, -0.05) is 68.4 Å². The van der Waals surface area contributed by atoms with E-state index < -0.39 is 11.6 Å². The molecule has 0 aliphatic carbocycles. The Hall–Kier alpha value is -3.15. The lowest BCUT2D eigenvalue weighted by atomic mass is 9.79. The van der Waals surface area contributed by atoms with Crippen LogP contribution in [-0.4, -0.2) is 29.9 Å². The van der Waals surface area contributed by atoms with Gasteiger partial charge in [0.1, 0.15) is 6.61 Å². The molecule has 1 aliphatic rings. The van der Waals surface area contributed by atoms with Crippen molar-refractivity contribution in [2.24, 2.45) is 0 Å². The van der Waals surface area contributed by atoms with Crippen LogP contribution in [0.4, 0.5) is 4.79 Å². The van der Waals surface area contributed by atoms with Crippen molar-refractivity contribution in [3.63, 3.8) is 0 Å². The second-order valence-electron chi connectivity index (χ2n) is 7.75. The monoisotopic (exact) mass is 394 g/mol. The summed E-state index contributed by atoms with van der Waals surface area (Å²) in [5.41, 5.74) is 1.53. The van der Waals surface area contributed by atoms with Crippen LogP contribution >= 0.6 is 0 Å². The van der Waals surface area contributed by atoms with Crippen LogP contribution in [0.25, 0.3) is 0 Å². The zero-order chi connectivity index (χ0) is 21.0. The number of carbonyl (C=O) groups excluding carboxylic acids is 3. The molecule has 1 saturated heterocycles. The number of hydrogen-bond acceptors (Lipinski definition) is 4. The van der Waals surface area contributed by atoms with Gasteiger partial charge in [-0.05, 0) is 22.6 Å². The molecule has 2 aromatic rings. The van der Waals surface area contributed by atoms with Gasteiger partial charge in [-0.3, -0.25) is 14.5 Å². The van der Waals surface area contributed by atoms with Crippen LogP contribution < -0.4 is 5.32 Å². The summed E-state index contributed by atoms with van der Waals surface area (Å²) in [6, 6.07) is 17.0. The Morgan fingerprint density at radius 2 is 1.72 bits per heavy atom. The quantitative estimate of drug-likeness (QED) is 0.785. The van der Waals surface area contributed by atoms with Crippen LogP contribution in [0, 0.1) is 0 Å². The lowest BCUT2D eigenvalue weighted by Crippen LogP contribution is -2.56. The first-order valence-electron chi connectivity index (χ1n) is 9.69. The van der Waals surface area contributed by atoms with Gasteiger partial charge in [0, 0.05) is 7.05 Å². The molecule has 1 heterocycles. The number of hydrogen-bond donors (Lipinski definition) is 1. The van der Waals surface area contributed by atoms with Crippen molar-refractivity contribution in [2.45, 2.75) is 44.8 Å². The zero-order valence-electron chi connectivity index (χ0n) is 17.0. The first-order valence-corrected chi connectivity index (χ1v) is 9.69. The number of rotatable bonds is 5. The third-order valence-corrected chi connectivity index (χ3v) is 5.31. The molecule has 0 atom stereocenters. The molecule has 6 heteroatoms. The highest BCUT2D eigenvalue weighted by Crippen LogP contribution is 2.35. The first kappa shape index (κ1) is 20.6. The molecule has 0 bridgehead atoms. The third kappa shape index (κ3) is 4.65. The second kappa shape index (κ2) is 8.47. The minimum absolute atomic E-state index is 0.00275. The Labute approximate surface area is 170 Å². The molecular weight excluding hydrogens is 368 g/mol. The lowest BCUT2D eigenvalue weighted by molar-refractivity contribution is -0.149. The molecule has 0 unspecified atom stereocenters. The van der Waals surface area contributed by atoms with Crippen LogP contribution in [-0.2, 0) is 26.5 Å². The maximum atomic E-state index is 12.6. The molecule has 6 nitrogen and oxygen atoms in total. The molecule has 2 aromatic carbocycles. The van der Waals surface area contributed by atoms with Crippen molar-refractivity contribution in [1.29, 1.82) is 0 Å². The van der Waals surface area contributed by atoms with E-state index in [0.717, 1.165) is 21.6 Å². The van der Waals surface area contributed by atoms with Crippen LogP contribution in [0.2, 0.25) is 0 Å². The Kier molecular flexibility index (Phi) is 6.01. The second-order valence-corrected chi connectivity index (χ2v) is 7.75. The SMILES string of the molecule is CC(C)c1cccc(C2(NC(=O)OCc3ccccc3)CC(=O)N(C)C(=O)C2)c1. The minimum atomic E-state index is -1.13.